The number of carboxylic acids is 1. The molecule has 0 fully saturated rings. The minimum Gasteiger partial charge on any atom is -0.489 e. The number of halogens is 2. The molecule has 1 unspecified atom stereocenters. The van der Waals surface area contributed by atoms with Gasteiger partial charge < -0.3 is 15.6 Å². The fourth-order valence-corrected chi connectivity index (χ4v) is 3.39. The van der Waals surface area contributed by atoms with Crippen LogP contribution in [0.4, 0.5) is 8.78 Å². The first-order chi connectivity index (χ1) is 15.7. The van der Waals surface area contributed by atoms with Gasteiger partial charge in [-0.2, -0.15) is 0 Å². The van der Waals surface area contributed by atoms with Crippen molar-refractivity contribution in [2.75, 3.05) is 0 Å². The highest BCUT2D eigenvalue weighted by Crippen LogP contribution is 2.28. The Balaban J connectivity index is 1.82. The summed E-state index contributed by atoms with van der Waals surface area (Å²) in [6.07, 6.45) is 2.01. The number of aliphatic carboxylic acids is 1. The van der Waals surface area contributed by atoms with Gasteiger partial charge in [-0.25, -0.2) is 8.78 Å². The standard InChI is InChI=1S/C27H27F2NO3/c1-17(2)19-3-5-20(6-4-19)25(11-12-26(30)27(31)32)21-7-9-24(10-8-21)33-16-18-13-22(28)15-23(29)14-18/h3-11,13-15,17,26H,12,16,30H2,1-2H3,(H,31,32). The first kappa shape index (κ1) is 24.1. The van der Waals surface area contributed by atoms with E-state index in [1.807, 2.05) is 30.3 Å². The molecule has 3 rings (SSSR count). The first-order valence-electron chi connectivity index (χ1n) is 10.7. The van der Waals surface area contributed by atoms with E-state index in [1.54, 1.807) is 12.1 Å². The van der Waals surface area contributed by atoms with Gasteiger partial charge in [-0.3, -0.25) is 4.79 Å². The van der Waals surface area contributed by atoms with E-state index in [2.05, 4.69) is 26.0 Å². The number of ether oxygens (including phenoxy) is 1. The smallest absolute Gasteiger partial charge is 0.320 e. The summed E-state index contributed by atoms with van der Waals surface area (Å²) in [4.78, 5) is 11.2. The lowest BCUT2D eigenvalue weighted by Gasteiger charge is -2.13. The summed E-state index contributed by atoms with van der Waals surface area (Å²) in [5.74, 6) is -1.42. The number of hydrogen-bond donors (Lipinski definition) is 2. The summed E-state index contributed by atoms with van der Waals surface area (Å²) in [7, 11) is 0. The van der Waals surface area contributed by atoms with Gasteiger partial charge >= 0.3 is 5.97 Å². The number of hydrogen-bond acceptors (Lipinski definition) is 3. The monoisotopic (exact) mass is 451 g/mol. The van der Waals surface area contributed by atoms with Crippen LogP contribution in [0.1, 0.15) is 48.4 Å². The van der Waals surface area contributed by atoms with Crippen LogP contribution >= 0.6 is 0 Å². The Bertz CT molecular complexity index is 1100. The van der Waals surface area contributed by atoms with E-state index in [1.165, 1.54) is 17.7 Å². The second-order valence-electron chi connectivity index (χ2n) is 8.17. The van der Waals surface area contributed by atoms with E-state index in [0.717, 1.165) is 22.8 Å². The Morgan fingerprint density at radius 1 is 0.970 bits per heavy atom. The van der Waals surface area contributed by atoms with Crippen molar-refractivity contribution in [2.45, 2.75) is 38.8 Å². The number of carbonyl (C=O) groups is 1. The molecule has 33 heavy (non-hydrogen) atoms. The highest BCUT2D eigenvalue weighted by atomic mass is 19.1. The van der Waals surface area contributed by atoms with Crippen molar-refractivity contribution in [3.05, 3.63) is 107 Å². The highest BCUT2D eigenvalue weighted by Gasteiger charge is 2.12. The van der Waals surface area contributed by atoms with Crippen molar-refractivity contribution >= 4 is 11.5 Å². The third-order valence-corrected chi connectivity index (χ3v) is 5.27. The molecule has 3 N–H and O–H groups in total. The van der Waals surface area contributed by atoms with Crippen molar-refractivity contribution in [3.63, 3.8) is 0 Å². The quantitative estimate of drug-likeness (QED) is 0.425. The van der Waals surface area contributed by atoms with Crippen molar-refractivity contribution in [3.8, 4) is 5.75 Å². The maximum atomic E-state index is 13.4. The second-order valence-corrected chi connectivity index (χ2v) is 8.17. The molecule has 0 bridgehead atoms. The fourth-order valence-electron chi connectivity index (χ4n) is 3.39. The minimum atomic E-state index is -1.06. The van der Waals surface area contributed by atoms with Crippen LogP contribution in [0.5, 0.6) is 5.75 Å². The lowest BCUT2D eigenvalue weighted by molar-refractivity contribution is -0.138. The van der Waals surface area contributed by atoms with Gasteiger partial charge in [0.2, 0.25) is 0 Å². The molecule has 0 saturated heterocycles. The topological polar surface area (TPSA) is 72.6 Å². The van der Waals surface area contributed by atoms with Crippen LogP contribution in [0.3, 0.4) is 0 Å². The summed E-state index contributed by atoms with van der Waals surface area (Å²) in [6, 6.07) is 17.6. The van der Waals surface area contributed by atoms with Crippen LogP contribution in [0.2, 0.25) is 0 Å². The minimum absolute atomic E-state index is 0.0286. The lowest BCUT2D eigenvalue weighted by atomic mass is 9.93. The molecule has 0 aliphatic carbocycles. The number of rotatable bonds is 9. The van der Waals surface area contributed by atoms with Gasteiger partial charge in [-0.1, -0.05) is 56.3 Å². The van der Waals surface area contributed by atoms with Crippen molar-refractivity contribution in [2.24, 2.45) is 5.73 Å². The summed E-state index contributed by atoms with van der Waals surface area (Å²) in [5, 5.41) is 9.14. The Labute approximate surface area is 192 Å². The Hall–Kier alpha value is -3.51. The van der Waals surface area contributed by atoms with E-state index in [-0.39, 0.29) is 13.0 Å². The van der Waals surface area contributed by atoms with Crippen LogP contribution in [-0.4, -0.2) is 17.1 Å². The van der Waals surface area contributed by atoms with E-state index < -0.39 is 23.6 Å². The molecular weight excluding hydrogens is 424 g/mol. The third kappa shape index (κ3) is 6.73. The normalized spacial score (nSPS) is 12.6. The molecule has 0 aliphatic heterocycles. The number of carboxylic acid groups (broad SMARTS) is 1. The van der Waals surface area contributed by atoms with E-state index in [9.17, 15) is 13.6 Å². The summed E-state index contributed by atoms with van der Waals surface area (Å²) >= 11 is 0. The number of benzene rings is 3. The Kier molecular flexibility index (Phi) is 7.96. The van der Waals surface area contributed by atoms with Crippen molar-refractivity contribution < 1.29 is 23.4 Å². The predicted molar refractivity (Wildman–Crippen MR) is 125 cm³/mol. The summed E-state index contributed by atoms with van der Waals surface area (Å²) in [5.41, 5.74) is 9.98. The van der Waals surface area contributed by atoms with Gasteiger partial charge in [0.05, 0.1) is 0 Å². The molecule has 4 nitrogen and oxygen atoms in total. The van der Waals surface area contributed by atoms with Crippen LogP contribution in [0.25, 0.3) is 5.57 Å². The van der Waals surface area contributed by atoms with Crippen molar-refractivity contribution in [1.29, 1.82) is 0 Å². The molecule has 3 aromatic rings. The van der Waals surface area contributed by atoms with Gasteiger partial charge in [-0.15, -0.1) is 0 Å². The zero-order valence-electron chi connectivity index (χ0n) is 18.6. The third-order valence-electron chi connectivity index (χ3n) is 5.27. The van der Waals surface area contributed by atoms with Crippen LogP contribution in [-0.2, 0) is 11.4 Å². The second kappa shape index (κ2) is 10.9. The lowest BCUT2D eigenvalue weighted by Crippen LogP contribution is -2.29. The SMILES string of the molecule is CC(C)c1ccc(C(=CCC(N)C(=O)O)c2ccc(OCc3cc(F)cc(F)c3)cc2)cc1. The van der Waals surface area contributed by atoms with Crippen LogP contribution in [0, 0.1) is 11.6 Å². The molecule has 0 aliphatic rings. The van der Waals surface area contributed by atoms with E-state index >= 15 is 0 Å². The zero-order valence-corrected chi connectivity index (χ0v) is 18.6. The van der Waals surface area contributed by atoms with Gasteiger partial charge in [0.15, 0.2) is 0 Å². The highest BCUT2D eigenvalue weighted by molar-refractivity contribution is 5.81. The average Bonchev–Trinajstić information content (AvgIpc) is 2.78. The molecule has 0 aromatic heterocycles. The molecule has 1 atom stereocenters. The van der Waals surface area contributed by atoms with Gasteiger partial charge in [-0.05, 0) is 64.4 Å². The van der Waals surface area contributed by atoms with Gasteiger partial charge in [0, 0.05) is 6.07 Å². The molecule has 6 heteroatoms. The van der Waals surface area contributed by atoms with Gasteiger partial charge in [0.1, 0.15) is 30.0 Å². The predicted octanol–water partition coefficient (Wildman–Crippen LogP) is 5.90. The zero-order chi connectivity index (χ0) is 24.0. The van der Waals surface area contributed by atoms with Crippen molar-refractivity contribution in [1.82, 2.24) is 0 Å². The molecule has 0 amide bonds. The summed E-state index contributed by atoms with van der Waals surface area (Å²) in [6.45, 7) is 4.27. The molecular formula is C27H27F2NO3. The van der Waals surface area contributed by atoms with Crippen LogP contribution < -0.4 is 10.5 Å². The maximum absolute atomic E-state index is 13.4. The molecule has 0 saturated carbocycles. The van der Waals surface area contributed by atoms with E-state index in [4.69, 9.17) is 15.6 Å². The summed E-state index contributed by atoms with van der Waals surface area (Å²) < 4.78 is 32.4. The Morgan fingerprint density at radius 2 is 1.52 bits per heavy atom. The first-order valence-corrected chi connectivity index (χ1v) is 10.7. The average molecular weight is 452 g/mol. The largest absolute Gasteiger partial charge is 0.489 e. The van der Waals surface area contributed by atoms with E-state index in [0.29, 0.717) is 17.2 Å². The molecule has 172 valence electrons. The Morgan fingerprint density at radius 3 is 2.03 bits per heavy atom. The molecule has 0 heterocycles. The molecule has 0 radical (unpaired) electrons. The maximum Gasteiger partial charge on any atom is 0.320 e. The molecule has 3 aromatic carbocycles. The van der Waals surface area contributed by atoms with Crippen LogP contribution in [0.15, 0.2) is 72.8 Å². The fraction of sp³-hybridized carbons (Fsp3) is 0.222. The number of nitrogens with two attached hydrogens (primary N) is 1. The van der Waals surface area contributed by atoms with Gasteiger partial charge in [0.25, 0.3) is 0 Å². The molecule has 0 spiro atoms.